The van der Waals surface area contributed by atoms with Crippen LogP contribution < -0.4 is 5.73 Å². The number of rotatable bonds is 4. The lowest BCUT2D eigenvalue weighted by Crippen LogP contribution is -2.54. The monoisotopic (exact) mass is 264 g/mol. The maximum atomic E-state index is 6.18. The molecule has 1 aromatic heterocycles. The minimum absolute atomic E-state index is 0.107. The van der Waals surface area contributed by atoms with Gasteiger partial charge in [0.05, 0.1) is 6.54 Å². The molecule has 4 nitrogen and oxygen atoms in total. The van der Waals surface area contributed by atoms with Gasteiger partial charge in [-0.05, 0) is 31.2 Å². The predicted octanol–water partition coefficient (Wildman–Crippen LogP) is 2.01. The Labute approximate surface area is 117 Å². The maximum absolute atomic E-state index is 6.18. The Morgan fingerprint density at radius 3 is 2.63 bits per heavy atom. The van der Waals surface area contributed by atoms with E-state index in [1.54, 1.807) is 0 Å². The fourth-order valence-electron chi connectivity index (χ4n) is 3.95. The van der Waals surface area contributed by atoms with Gasteiger partial charge in [-0.25, -0.2) is 4.98 Å². The van der Waals surface area contributed by atoms with Crippen molar-refractivity contribution >= 4 is 0 Å². The molecule has 1 aliphatic carbocycles. The van der Waals surface area contributed by atoms with E-state index in [1.807, 2.05) is 19.4 Å². The summed E-state index contributed by atoms with van der Waals surface area (Å²) in [6.45, 7) is 8.64. The highest BCUT2D eigenvalue weighted by Gasteiger charge is 2.50. The summed E-state index contributed by atoms with van der Waals surface area (Å²) in [5.74, 6) is 1.73. The zero-order chi connectivity index (χ0) is 14.3. The van der Waals surface area contributed by atoms with Crippen molar-refractivity contribution < 1.29 is 0 Å². The van der Waals surface area contributed by atoms with E-state index in [2.05, 4.69) is 42.3 Å². The van der Waals surface area contributed by atoms with E-state index in [1.165, 1.54) is 12.8 Å². The topological polar surface area (TPSA) is 47.1 Å². The van der Waals surface area contributed by atoms with Gasteiger partial charge in [-0.3, -0.25) is 4.90 Å². The van der Waals surface area contributed by atoms with Crippen molar-refractivity contribution in [3.05, 3.63) is 18.2 Å². The van der Waals surface area contributed by atoms with Gasteiger partial charge in [0.2, 0.25) is 0 Å². The van der Waals surface area contributed by atoms with Crippen LogP contribution in [0.1, 0.15) is 39.4 Å². The molecule has 1 aromatic rings. The summed E-state index contributed by atoms with van der Waals surface area (Å²) in [4.78, 5) is 6.86. The van der Waals surface area contributed by atoms with Gasteiger partial charge < -0.3 is 10.3 Å². The van der Waals surface area contributed by atoms with E-state index in [9.17, 15) is 0 Å². The molecule has 0 saturated heterocycles. The molecule has 2 atom stereocenters. The van der Waals surface area contributed by atoms with Crippen LogP contribution in [0.2, 0.25) is 0 Å². The van der Waals surface area contributed by atoms with Crippen LogP contribution in [0.3, 0.4) is 0 Å². The SMILES string of the molecule is CC1CC(C)(C)CC1(CN)N(C)Cc1nccn1C. The molecule has 2 unspecified atom stereocenters. The smallest absolute Gasteiger partial charge is 0.122 e. The van der Waals surface area contributed by atoms with Gasteiger partial charge in [0.1, 0.15) is 5.82 Å². The van der Waals surface area contributed by atoms with Crippen molar-refractivity contribution in [1.29, 1.82) is 0 Å². The second-order valence-corrected chi connectivity index (χ2v) is 7.06. The van der Waals surface area contributed by atoms with Crippen molar-refractivity contribution in [3.63, 3.8) is 0 Å². The first-order chi connectivity index (χ1) is 8.81. The van der Waals surface area contributed by atoms with Crippen LogP contribution in [0.5, 0.6) is 0 Å². The molecule has 0 spiro atoms. The minimum Gasteiger partial charge on any atom is -0.337 e. The van der Waals surface area contributed by atoms with Gasteiger partial charge >= 0.3 is 0 Å². The molecule has 4 heteroatoms. The zero-order valence-electron chi connectivity index (χ0n) is 13.0. The minimum atomic E-state index is 0.107. The molecule has 0 bridgehead atoms. The molecule has 1 heterocycles. The van der Waals surface area contributed by atoms with Gasteiger partial charge in [-0.15, -0.1) is 0 Å². The Morgan fingerprint density at radius 1 is 1.53 bits per heavy atom. The van der Waals surface area contributed by atoms with Crippen LogP contribution in [-0.2, 0) is 13.6 Å². The summed E-state index contributed by atoms with van der Waals surface area (Å²) in [6, 6.07) is 0. The second kappa shape index (κ2) is 4.91. The predicted molar refractivity (Wildman–Crippen MR) is 78.6 cm³/mol. The Hall–Kier alpha value is -0.870. The molecule has 1 saturated carbocycles. The van der Waals surface area contributed by atoms with Crippen LogP contribution in [0.25, 0.3) is 0 Å². The van der Waals surface area contributed by atoms with Crippen molar-refractivity contribution in [1.82, 2.24) is 14.5 Å². The van der Waals surface area contributed by atoms with Gasteiger partial charge in [0, 0.05) is 31.5 Å². The highest BCUT2D eigenvalue weighted by Crippen LogP contribution is 2.49. The first-order valence-corrected chi connectivity index (χ1v) is 7.18. The lowest BCUT2D eigenvalue weighted by Gasteiger charge is -2.42. The Kier molecular flexibility index (Phi) is 3.76. The van der Waals surface area contributed by atoms with Crippen molar-refractivity contribution in [2.45, 2.75) is 45.7 Å². The van der Waals surface area contributed by atoms with Crippen LogP contribution >= 0.6 is 0 Å². The zero-order valence-corrected chi connectivity index (χ0v) is 13.0. The third kappa shape index (κ3) is 2.56. The molecule has 0 amide bonds. The number of likely N-dealkylation sites (N-methyl/N-ethyl adjacent to an activating group) is 1. The Balaban J connectivity index is 2.20. The van der Waals surface area contributed by atoms with Gasteiger partial charge in [0.15, 0.2) is 0 Å². The van der Waals surface area contributed by atoms with E-state index >= 15 is 0 Å². The van der Waals surface area contributed by atoms with Crippen molar-refractivity contribution in [2.75, 3.05) is 13.6 Å². The van der Waals surface area contributed by atoms with E-state index in [0.29, 0.717) is 11.3 Å². The van der Waals surface area contributed by atoms with Crippen molar-refractivity contribution in [2.24, 2.45) is 24.1 Å². The number of aryl methyl sites for hydroxylation is 1. The summed E-state index contributed by atoms with van der Waals surface area (Å²) in [5, 5.41) is 0. The molecule has 2 N–H and O–H groups in total. The second-order valence-electron chi connectivity index (χ2n) is 7.06. The lowest BCUT2D eigenvalue weighted by atomic mass is 9.85. The standard InChI is InChI=1S/C15H28N4/c1-12-8-14(2,3)10-15(12,11-16)19(5)9-13-17-6-7-18(13)4/h6-7,12H,8-11,16H2,1-5H3. The third-order valence-electron chi connectivity index (χ3n) is 4.97. The number of hydrogen-bond acceptors (Lipinski definition) is 3. The Morgan fingerprint density at radius 2 is 2.21 bits per heavy atom. The summed E-state index contributed by atoms with van der Waals surface area (Å²) in [5.41, 5.74) is 6.67. The summed E-state index contributed by atoms with van der Waals surface area (Å²) >= 11 is 0. The molecular formula is C15H28N4. The number of nitrogens with two attached hydrogens (primary N) is 1. The van der Waals surface area contributed by atoms with Crippen molar-refractivity contribution in [3.8, 4) is 0 Å². The maximum Gasteiger partial charge on any atom is 0.122 e. The highest BCUT2D eigenvalue weighted by molar-refractivity contribution is 5.06. The Bertz CT molecular complexity index is 437. The number of hydrogen-bond donors (Lipinski definition) is 1. The van der Waals surface area contributed by atoms with E-state index in [-0.39, 0.29) is 5.54 Å². The molecule has 108 valence electrons. The molecule has 0 aliphatic heterocycles. The van der Waals surface area contributed by atoms with Gasteiger partial charge in [-0.2, -0.15) is 0 Å². The summed E-state index contributed by atoms with van der Waals surface area (Å²) < 4.78 is 2.09. The number of nitrogens with zero attached hydrogens (tertiary/aromatic N) is 3. The van der Waals surface area contributed by atoms with Crippen LogP contribution in [0, 0.1) is 11.3 Å². The van der Waals surface area contributed by atoms with Crippen LogP contribution in [0.15, 0.2) is 12.4 Å². The third-order valence-corrected chi connectivity index (χ3v) is 4.97. The average molecular weight is 264 g/mol. The molecule has 0 radical (unpaired) electrons. The van der Waals surface area contributed by atoms with Gasteiger partial charge in [0.25, 0.3) is 0 Å². The molecule has 1 fully saturated rings. The van der Waals surface area contributed by atoms with E-state index in [4.69, 9.17) is 5.73 Å². The average Bonchev–Trinajstić information content (AvgIpc) is 2.81. The van der Waals surface area contributed by atoms with E-state index < -0.39 is 0 Å². The van der Waals surface area contributed by atoms with E-state index in [0.717, 1.165) is 18.9 Å². The normalized spacial score (nSPS) is 30.2. The first-order valence-electron chi connectivity index (χ1n) is 7.18. The molecular weight excluding hydrogens is 236 g/mol. The lowest BCUT2D eigenvalue weighted by molar-refractivity contribution is 0.0753. The first kappa shape index (κ1) is 14.5. The number of imidazole rings is 1. The molecule has 19 heavy (non-hydrogen) atoms. The molecule has 1 aliphatic rings. The van der Waals surface area contributed by atoms with Crippen LogP contribution in [0.4, 0.5) is 0 Å². The fraction of sp³-hybridized carbons (Fsp3) is 0.800. The molecule has 0 aromatic carbocycles. The summed E-state index contributed by atoms with van der Waals surface area (Å²) in [7, 11) is 4.24. The number of aromatic nitrogens is 2. The fourth-order valence-corrected chi connectivity index (χ4v) is 3.95. The molecule has 2 rings (SSSR count). The summed E-state index contributed by atoms with van der Waals surface area (Å²) in [6.07, 6.45) is 6.27. The largest absolute Gasteiger partial charge is 0.337 e. The quantitative estimate of drug-likeness (QED) is 0.905. The van der Waals surface area contributed by atoms with Gasteiger partial charge in [-0.1, -0.05) is 20.8 Å². The van der Waals surface area contributed by atoms with Crippen LogP contribution in [-0.4, -0.2) is 33.6 Å². The highest BCUT2D eigenvalue weighted by atomic mass is 15.2.